The SMILES string of the molecule is C[C@H]1CCCCN1C(=O)c1nn2c(c1Br)N[C@H](c1cccs1)C[C@H]2C(F)(F)F. The highest BCUT2D eigenvalue weighted by Gasteiger charge is 2.48. The number of carbonyl (C=O) groups excluding carboxylic acids is 1. The summed E-state index contributed by atoms with van der Waals surface area (Å²) < 4.78 is 42.6. The van der Waals surface area contributed by atoms with Crippen LogP contribution in [0.4, 0.5) is 19.0 Å². The molecule has 1 fully saturated rings. The van der Waals surface area contributed by atoms with Gasteiger partial charge in [-0.3, -0.25) is 4.79 Å². The number of carbonyl (C=O) groups is 1. The summed E-state index contributed by atoms with van der Waals surface area (Å²) in [5, 5.41) is 9.12. The van der Waals surface area contributed by atoms with Crippen molar-refractivity contribution in [2.75, 3.05) is 11.9 Å². The number of likely N-dealkylation sites (tertiary alicyclic amines) is 1. The van der Waals surface area contributed by atoms with Crippen LogP contribution in [-0.4, -0.2) is 39.4 Å². The summed E-state index contributed by atoms with van der Waals surface area (Å²) in [6.45, 7) is 2.56. The Morgan fingerprint density at radius 3 is 2.82 bits per heavy atom. The van der Waals surface area contributed by atoms with Crippen LogP contribution in [0.1, 0.15) is 60.1 Å². The summed E-state index contributed by atoms with van der Waals surface area (Å²) in [6, 6.07) is 1.42. The van der Waals surface area contributed by atoms with Gasteiger partial charge in [0.25, 0.3) is 5.91 Å². The van der Waals surface area contributed by atoms with Gasteiger partial charge in [0.1, 0.15) is 5.82 Å². The minimum absolute atomic E-state index is 0.0392. The average molecular weight is 477 g/mol. The van der Waals surface area contributed by atoms with Crippen molar-refractivity contribution in [1.29, 1.82) is 0 Å². The molecule has 0 saturated carbocycles. The van der Waals surface area contributed by atoms with Crippen LogP contribution in [0.2, 0.25) is 0 Å². The van der Waals surface area contributed by atoms with Crippen LogP contribution >= 0.6 is 27.3 Å². The lowest BCUT2D eigenvalue weighted by Gasteiger charge is -2.33. The summed E-state index contributed by atoms with van der Waals surface area (Å²) in [7, 11) is 0. The van der Waals surface area contributed by atoms with Crippen molar-refractivity contribution >= 4 is 39.0 Å². The van der Waals surface area contributed by atoms with Crippen LogP contribution in [0, 0.1) is 0 Å². The molecule has 0 unspecified atom stereocenters. The quantitative estimate of drug-likeness (QED) is 0.632. The number of halogens is 4. The van der Waals surface area contributed by atoms with Crippen LogP contribution in [0.25, 0.3) is 0 Å². The molecule has 1 N–H and O–H groups in total. The van der Waals surface area contributed by atoms with E-state index in [1.807, 2.05) is 24.4 Å². The zero-order valence-corrected chi connectivity index (χ0v) is 17.6. The third kappa shape index (κ3) is 3.45. The first-order valence-electron chi connectivity index (χ1n) is 9.23. The van der Waals surface area contributed by atoms with Crippen LogP contribution in [-0.2, 0) is 0 Å². The molecule has 4 rings (SSSR count). The molecular weight excluding hydrogens is 457 g/mol. The fraction of sp³-hybridized carbons (Fsp3) is 0.556. The molecule has 2 aliphatic rings. The molecule has 10 heteroatoms. The van der Waals surface area contributed by atoms with Crippen molar-refractivity contribution in [2.45, 2.75) is 56.9 Å². The average Bonchev–Trinajstić information content (AvgIpc) is 3.29. The molecular formula is C18H20BrF3N4OS. The van der Waals surface area contributed by atoms with Crippen LogP contribution in [0.5, 0.6) is 0 Å². The molecule has 0 aliphatic carbocycles. The normalized spacial score (nSPS) is 25.3. The number of anilines is 1. The van der Waals surface area contributed by atoms with Gasteiger partial charge >= 0.3 is 6.18 Å². The molecule has 3 atom stereocenters. The van der Waals surface area contributed by atoms with Gasteiger partial charge in [0.15, 0.2) is 11.7 Å². The number of nitrogens with one attached hydrogen (secondary N) is 1. The topological polar surface area (TPSA) is 50.2 Å². The number of rotatable bonds is 2. The number of aromatic nitrogens is 2. The summed E-state index contributed by atoms with van der Waals surface area (Å²) in [4.78, 5) is 15.6. The second-order valence-corrected chi connectivity index (χ2v) is 9.08. The maximum absolute atomic E-state index is 13.8. The molecule has 152 valence electrons. The predicted molar refractivity (Wildman–Crippen MR) is 105 cm³/mol. The molecule has 0 bridgehead atoms. The van der Waals surface area contributed by atoms with E-state index < -0.39 is 18.3 Å². The number of hydrogen-bond donors (Lipinski definition) is 1. The smallest absolute Gasteiger partial charge is 0.362 e. The molecule has 1 saturated heterocycles. The Hall–Kier alpha value is -1.55. The van der Waals surface area contributed by atoms with Crippen molar-refractivity contribution in [1.82, 2.24) is 14.7 Å². The maximum atomic E-state index is 13.8. The Labute approximate surface area is 173 Å². The number of piperidine rings is 1. The third-order valence-corrected chi connectivity index (χ3v) is 7.19. The second-order valence-electron chi connectivity index (χ2n) is 7.30. The molecule has 1 amide bonds. The van der Waals surface area contributed by atoms with Crippen LogP contribution in [0.15, 0.2) is 22.0 Å². The minimum Gasteiger partial charge on any atom is -0.362 e. The Balaban J connectivity index is 1.73. The van der Waals surface area contributed by atoms with Gasteiger partial charge in [0.2, 0.25) is 0 Å². The van der Waals surface area contributed by atoms with Gasteiger partial charge in [-0.2, -0.15) is 18.3 Å². The van der Waals surface area contributed by atoms with Crippen molar-refractivity contribution in [3.8, 4) is 0 Å². The number of nitrogens with zero attached hydrogens (tertiary/aromatic N) is 3. The van der Waals surface area contributed by atoms with Crippen LogP contribution < -0.4 is 5.32 Å². The number of hydrogen-bond acceptors (Lipinski definition) is 4. The van der Waals surface area contributed by atoms with E-state index in [4.69, 9.17) is 0 Å². The molecule has 0 radical (unpaired) electrons. The largest absolute Gasteiger partial charge is 0.410 e. The predicted octanol–water partition coefficient (Wildman–Crippen LogP) is 5.38. The zero-order chi connectivity index (χ0) is 20.1. The lowest BCUT2D eigenvalue weighted by molar-refractivity contribution is -0.173. The van der Waals surface area contributed by atoms with E-state index in [2.05, 4.69) is 26.3 Å². The molecule has 0 spiro atoms. The third-order valence-electron chi connectivity index (χ3n) is 5.45. The number of alkyl halides is 3. The number of amides is 1. The fourth-order valence-corrected chi connectivity index (χ4v) is 5.27. The second kappa shape index (κ2) is 7.37. The lowest BCUT2D eigenvalue weighted by atomic mass is 10.0. The molecule has 2 aliphatic heterocycles. The zero-order valence-electron chi connectivity index (χ0n) is 15.2. The first-order valence-corrected chi connectivity index (χ1v) is 10.9. The van der Waals surface area contributed by atoms with E-state index in [1.165, 1.54) is 11.3 Å². The molecule has 2 aromatic rings. The van der Waals surface area contributed by atoms with Gasteiger partial charge in [0, 0.05) is 23.9 Å². The van der Waals surface area contributed by atoms with E-state index >= 15 is 0 Å². The van der Waals surface area contributed by atoms with E-state index in [9.17, 15) is 18.0 Å². The van der Waals surface area contributed by atoms with Gasteiger partial charge < -0.3 is 10.2 Å². The van der Waals surface area contributed by atoms with Crippen molar-refractivity contribution < 1.29 is 18.0 Å². The summed E-state index contributed by atoms with van der Waals surface area (Å²) in [5.74, 6) is -0.114. The molecule has 0 aromatic carbocycles. The Morgan fingerprint density at radius 2 is 2.18 bits per heavy atom. The van der Waals surface area contributed by atoms with Gasteiger partial charge in [-0.1, -0.05) is 6.07 Å². The van der Waals surface area contributed by atoms with Gasteiger partial charge in [0.05, 0.1) is 10.5 Å². The molecule has 4 heterocycles. The summed E-state index contributed by atoms with van der Waals surface area (Å²) in [6.07, 6.45) is -1.80. The molecule has 28 heavy (non-hydrogen) atoms. The first kappa shape index (κ1) is 19.8. The van der Waals surface area contributed by atoms with Gasteiger partial charge in [-0.25, -0.2) is 4.68 Å². The van der Waals surface area contributed by atoms with Gasteiger partial charge in [-0.05, 0) is 53.6 Å². The van der Waals surface area contributed by atoms with E-state index in [-0.39, 0.29) is 29.9 Å². The monoisotopic (exact) mass is 476 g/mol. The fourth-order valence-electron chi connectivity index (χ4n) is 3.94. The Bertz CT molecular complexity index is 867. The number of fused-ring (bicyclic) bond motifs is 1. The highest BCUT2D eigenvalue weighted by Crippen LogP contribution is 2.47. The van der Waals surface area contributed by atoms with Crippen LogP contribution in [0.3, 0.4) is 0 Å². The lowest BCUT2D eigenvalue weighted by Crippen LogP contribution is -2.42. The first-order chi connectivity index (χ1) is 13.3. The molecule has 2 aromatic heterocycles. The highest BCUT2D eigenvalue weighted by molar-refractivity contribution is 9.10. The number of thiophene rings is 1. The maximum Gasteiger partial charge on any atom is 0.410 e. The van der Waals surface area contributed by atoms with E-state index in [0.717, 1.165) is 28.8 Å². The summed E-state index contributed by atoms with van der Waals surface area (Å²) in [5.41, 5.74) is 0.0392. The molecule has 5 nitrogen and oxygen atoms in total. The van der Waals surface area contributed by atoms with Crippen molar-refractivity contribution in [3.63, 3.8) is 0 Å². The summed E-state index contributed by atoms with van der Waals surface area (Å²) >= 11 is 4.76. The van der Waals surface area contributed by atoms with E-state index in [1.54, 1.807) is 4.90 Å². The van der Waals surface area contributed by atoms with E-state index in [0.29, 0.717) is 11.0 Å². The highest BCUT2D eigenvalue weighted by atomic mass is 79.9. The Morgan fingerprint density at radius 1 is 1.39 bits per heavy atom. The van der Waals surface area contributed by atoms with Gasteiger partial charge in [-0.15, -0.1) is 11.3 Å². The Kier molecular flexibility index (Phi) is 5.20. The minimum atomic E-state index is -4.46. The van der Waals surface area contributed by atoms with Crippen molar-refractivity contribution in [3.05, 3.63) is 32.6 Å². The standard InChI is InChI=1S/C18H20BrF3N4OS/c1-10-5-2-3-7-25(10)17(27)15-14(19)16-23-11(12-6-4-8-28-12)9-13(18(20,21)22)26(16)24-15/h4,6,8,10-11,13,23H,2-3,5,7,9H2,1H3/t10-,11-,13-/m0/s1. The van der Waals surface area contributed by atoms with Crippen molar-refractivity contribution in [2.24, 2.45) is 0 Å².